The van der Waals surface area contributed by atoms with Crippen LogP contribution in [0.25, 0.3) is 23.9 Å². The molecular weight excluding hydrogens is 346 g/mol. The molecule has 4 rings (SSSR count). The molecule has 4 heterocycles. The highest BCUT2D eigenvalue weighted by Gasteiger charge is 2.20. The summed E-state index contributed by atoms with van der Waals surface area (Å²) in [6.07, 6.45) is 11.1. The molecule has 1 aliphatic rings. The van der Waals surface area contributed by atoms with Crippen LogP contribution < -0.4 is 20.4 Å². The van der Waals surface area contributed by atoms with Gasteiger partial charge in [0.25, 0.3) is 0 Å². The monoisotopic (exact) mass is 369 g/mol. The van der Waals surface area contributed by atoms with Crippen LogP contribution in [-0.2, 0) is 0 Å². The van der Waals surface area contributed by atoms with Crippen LogP contribution in [0, 0.1) is 0 Å². The Morgan fingerprint density at radius 2 is 1.68 bits per heavy atom. The highest BCUT2D eigenvalue weighted by molar-refractivity contribution is 5.75. The number of anilines is 2. The van der Waals surface area contributed by atoms with Crippen molar-refractivity contribution >= 4 is 24.0 Å². The van der Waals surface area contributed by atoms with E-state index in [9.17, 15) is 0 Å². The summed E-state index contributed by atoms with van der Waals surface area (Å²) in [6.45, 7) is 11.6. The quantitative estimate of drug-likeness (QED) is 0.706. The molecule has 140 valence electrons. The van der Waals surface area contributed by atoms with Crippen molar-refractivity contribution in [1.82, 2.24) is 15.0 Å². The van der Waals surface area contributed by atoms with E-state index < -0.39 is 0 Å². The van der Waals surface area contributed by atoms with Gasteiger partial charge in [0.15, 0.2) is 0 Å². The SMILES string of the molecule is C=C/C=c1/cc(-c2ncccc2N2CCN(c3ccncc3)CC2)cnc1=C. The lowest BCUT2D eigenvalue weighted by Gasteiger charge is -2.37. The van der Waals surface area contributed by atoms with Gasteiger partial charge in [-0.15, -0.1) is 0 Å². The fourth-order valence-electron chi connectivity index (χ4n) is 3.55. The highest BCUT2D eigenvalue weighted by Crippen LogP contribution is 2.28. The zero-order chi connectivity index (χ0) is 19.3. The molecule has 5 heteroatoms. The summed E-state index contributed by atoms with van der Waals surface area (Å²) < 4.78 is 0. The van der Waals surface area contributed by atoms with E-state index in [1.165, 1.54) is 5.69 Å². The molecule has 0 aromatic carbocycles. The van der Waals surface area contributed by atoms with Gasteiger partial charge in [-0.05, 0) is 30.3 Å². The number of rotatable bonds is 4. The fraction of sp³-hybridized carbons (Fsp3) is 0.174. The Bertz CT molecular complexity index is 1070. The number of nitrogens with zero attached hydrogens (tertiary/aromatic N) is 5. The first-order valence-electron chi connectivity index (χ1n) is 9.39. The zero-order valence-corrected chi connectivity index (χ0v) is 15.8. The molecule has 0 N–H and O–H groups in total. The normalized spacial score (nSPS) is 14.9. The van der Waals surface area contributed by atoms with Crippen LogP contribution in [0.3, 0.4) is 0 Å². The number of hydrogen-bond donors (Lipinski definition) is 0. The Balaban J connectivity index is 1.61. The Morgan fingerprint density at radius 3 is 2.43 bits per heavy atom. The van der Waals surface area contributed by atoms with Crippen molar-refractivity contribution in [2.24, 2.45) is 0 Å². The van der Waals surface area contributed by atoms with Gasteiger partial charge in [0.2, 0.25) is 0 Å². The maximum absolute atomic E-state index is 4.67. The van der Waals surface area contributed by atoms with E-state index in [1.54, 1.807) is 6.08 Å². The largest absolute Gasteiger partial charge is 0.368 e. The Morgan fingerprint density at radius 1 is 0.929 bits per heavy atom. The average Bonchev–Trinajstić information content (AvgIpc) is 2.76. The molecule has 0 radical (unpaired) electrons. The van der Waals surface area contributed by atoms with E-state index >= 15 is 0 Å². The fourth-order valence-corrected chi connectivity index (χ4v) is 3.55. The van der Waals surface area contributed by atoms with Crippen molar-refractivity contribution < 1.29 is 0 Å². The first-order valence-corrected chi connectivity index (χ1v) is 9.39. The lowest BCUT2D eigenvalue weighted by Crippen LogP contribution is -2.46. The average molecular weight is 369 g/mol. The first-order chi connectivity index (χ1) is 13.8. The lowest BCUT2D eigenvalue weighted by atomic mass is 10.1. The summed E-state index contributed by atoms with van der Waals surface area (Å²) in [6, 6.07) is 10.3. The van der Waals surface area contributed by atoms with E-state index in [-0.39, 0.29) is 0 Å². The molecule has 5 nitrogen and oxygen atoms in total. The summed E-state index contributed by atoms with van der Waals surface area (Å²) >= 11 is 0. The topological polar surface area (TPSA) is 45.2 Å². The van der Waals surface area contributed by atoms with Gasteiger partial charge in [0.1, 0.15) is 0 Å². The second-order valence-electron chi connectivity index (χ2n) is 6.71. The van der Waals surface area contributed by atoms with Gasteiger partial charge in [-0.2, -0.15) is 0 Å². The number of aromatic nitrogens is 3. The molecule has 0 amide bonds. The maximum Gasteiger partial charge on any atom is 0.0950 e. The molecule has 0 unspecified atom stereocenters. The lowest BCUT2D eigenvalue weighted by molar-refractivity contribution is 0.653. The Labute approximate surface area is 165 Å². The molecule has 0 bridgehead atoms. The molecule has 0 spiro atoms. The van der Waals surface area contributed by atoms with E-state index in [0.29, 0.717) is 0 Å². The van der Waals surface area contributed by atoms with Crippen LogP contribution >= 0.6 is 0 Å². The van der Waals surface area contributed by atoms with Crippen molar-refractivity contribution in [3.63, 3.8) is 0 Å². The molecule has 1 saturated heterocycles. The van der Waals surface area contributed by atoms with E-state index in [4.69, 9.17) is 0 Å². The molecule has 0 atom stereocenters. The molecule has 3 aromatic heterocycles. The minimum atomic E-state index is 0.743. The molecule has 3 aromatic rings. The molecule has 28 heavy (non-hydrogen) atoms. The second kappa shape index (κ2) is 8.05. The molecular formula is C23H23N5. The van der Waals surface area contributed by atoms with Gasteiger partial charge in [0.05, 0.1) is 16.7 Å². The van der Waals surface area contributed by atoms with Crippen LogP contribution in [0.1, 0.15) is 0 Å². The summed E-state index contributed by atoms with van der Waals surface area (Å²) in [4.78, 5) is 18.0. The maximum atomic E-state index is 4.67. The van der Waals surface area contributed by atoms with Crippen LogP contribution in [0.4, 0.5) is 11.4 Å². The van der Waals surface area contributed by atoms with Crippen molar-refractivity contribution in [1.29, 1.82) is 0 Å². The highest BCUT2D eigenvalue weighted by atomic mass is 15.3. The van der Waals surface area contributed by atoms with Crippen LogP contribution in [0.5, 0.6) is 0 Å². The summed E-state index contributed by atoms with van der Waals surface area (Å²) in [5, 5.41) is 1.71. The summed E-state index contributed by atoms with van der Waals surface area (Å²) in [5.74, 6) is 0. The molecule has 1 fully saturated rings. The van der Waals surface area contributed by atoms with Gasteiger partial charge in [-0.3, -0.25) is 15.0 Å². The van der Waals surface area contributed by atoms with Crippen LogP contribution in [0.15, 0.2) is 67.8 Å². The van der Waals surface area contributed by atoms with Gasteiger partial charge in [0, 0.05) is 67.4 Å². The van der Waals surface area contributed by atoms with Crippen molar-refractivity contribution in [2.45, 2.75) is 0 Å². The van der Waals surface area contributed by atoms with Crippen molar-refractivity contribution in [3.05, 3.63) is 78.3 Å². The number of allylic oxidation sites excluding steroid dienone is 1. The number of pyridine rings is 3. The summed E-state index contributed by atoms with van der Waals surface area (Å²) in [7, 11) is 0. The van der Waals surface area contributed by atoms with Crippen molar-refractivity contribution in [3.8, 4) is 11.3 Å². The minimum absolute atomic E-state index is 0.743. The van der Waals surface area contributed by atoms with E-state index in [1.807, 2.05) is 36.9 Å². The third kappa shape index (κ3) is 3.64. The second-order valence-corrected chi connectivity index (χ2v) is 6.71. The number of piperazine rings is 1. The van der Waals surface area contributed by atoms with Gasteiger partial charge >= 0.3 is 0 Å². The molecule has 0 aliphatic carbocycles. The van der Waals surface area contributed by atoms with Gasteiger partial charge in [-0.25, -0.2) is 0 Å². The van der Waals surface area contributed by atoms with Crippen molar-refractivity contribution in [2.75, 3.05) is 36.0 Å². The van der Waals surface area contributed by atoms with Gasteiger partial charge in [-0.1, -0.05) is 25.3 Å². The summed E-state index contributed by atoms with van der Waals surface area (Å²) in [5.41, 5.74) is 4.31. The van der Waals surface area contributed by atoms with Crippen LogP contribution in [-0.4, -0.2) is 41.1 Å². The Hall–Kier alpha value is -3.47. The smallest absolute Gasteiger partial charge is 0.0950 e. The predicted octanol–water partition coefficient (Wildman–Crippen LogP) is 2.24. The third-order valence-electron chi connectivity index (χ3n) is 5.01. The standard InChI is InChI=1S/C23H23N5/c1-3-5-19-16-20(17-26-18(19)2)23-22(6-4-9-25-23)28-14-12-27(13-15-28)21-7-10-24-11-8-21/h3-11,16-17H,1-2,12-15H2/b19-5-. The Kier molecular flexibility index (Phi) is 5.15. The van der Waals surface area contributed by atoms with Gasteiger partial charge < -0.3 is 9.80 Å². The third-order valence-corrected chi connectivity index (χ3v) is 5.01. The predicted molar refractivity (Wildman–Crippen MR) is 116 cm³/mol. The molecule has 0 saturated carbocycles. The minimum Gasteiger partial charge on any atom is -0.368 e. The van der Waals surface area contributed by atoms with E-state index in [0.717, 1.165) is 53.7 Å². The zero-order valence-electron chi connectivity index (χ0n) is 15.8. The van der Waals surface area contributed by atoms with E-state index in [2.05, 4.69) is 62.2 Å². The first kappa shape index (κ1) is 17.9. The number of hydrogen-bond acceptors (Lipinski definition) is 5. The molecule has 1 aliphatic heterocycles. The van der Waals surface area contributed by atoms with Crippen LogP contribution in [0.2, 0.25) is 0 Å².